The van der Waals surface area contributed by atoms with E-state index in [1.54, 1.807) is 11.1 Å². The highest BCUT2D eigenvalue weighted by Crippen LogP contribution is 2.62. The van der Waals surface area contributed by atoms with Crippen molar-refractivity contribution in [2.24, 2.45) is 5.41 Å². The Bertz CT molecular complexity index is 905. The van der Waals surface area contributed by atoms with Crippen molar-refractivity contribution >= 4 is 29.7 Å². The molecule has 1 aliphatic carbocycles. The standard InChI is InChI=1S/C18H22BN3O4/c1-16(2,3)25-15(23)22-9-17(10-22)7-18(8-17)13-11-4-5-20-14(11)21-6-12(13)19(24)26-18/h4-6,24H,7-10H2,1-3H3,(H,20,21). The number of ether oxygens (including phenoxy) is 1. The molecule has 0 atom stereocenters. The fourth-order valence-electron chi connectivity index (χ4n) is 4.92. The number of hydrogen-bond acceptors (Lipinski definition) is 5. The van der Waals surface area contributed by atoms with E-state index < -0.39 is 18.3 Å². The second-order valence-corrected chi connectivity index (χ2v) is 8.98. The number of carbonyl (C=O) groups is 1. The van der Waals surface area contributed by atoms with Crippen LogP contribution in [0.4, 0.5) is 4.79 Å². The second-order valence-electron chi connectivity index (χ2n) is 8.98. The first-order valence-corrected chi connectivity index (χ1v) is 9.01. The van der Waals surface area contributed by atoms with E-state index in [-0.39, 0.29) is 11.5 Å². The zero-order valence-corrected chi connectivity index (χ0v) is 15.2. The number of amides is 1. The molecule has 2 aromatic rings. The quantitative estimate of drug-likeness (QED) is 0.700. The maximum Gasteiger partial charge on any atom is 0.493 e. The van der Waals surface area contributed by atoms with Crippen LogP contribution in [0.5, 0.6) is 0 Å². The smallest absolute Gasteiger partial charge is 0.444 e. The van der Waals surface area contributed by atoms with Gasteiger partial charge in [-0.2, -0.15) is 0 Å². The molecule has 2 N–H and O–H groups in total. The van der Waals surface area contributed by atoms with Crippen molar-refractivity contribution in [2.45, 2.75) is 44.8 Å². The average molecular weight is 355 g/mol. The Morgan fingerprint density at radius 2 is 2.15 bits per heavy atom. The largest absolute Gasteiger partial charge is 0.493 e. The number of nitrogens with one attached hydrogen (secondary N) is 1. The Balaban J connectivity index is 1.36. The van der Waals surface area contributed by atoms with E-state index in [0.717, 1.165) is 34.9 Å². The van der Waals surface area contributed by atoms with Gasteiger partial charge >= 0.3 is 13.2 Å². The van der Waals surface area contributed by atoms with Crippen molar-refractivity contribution in [3.05, 3.63) is 24.0 Å². The molecule has 3 aliphatic rings. The number of carbonyl (C=O) groups excluding carboxylic acids is 1. The molecule has 8 heteroatoms. The molecule has 0 unspecified atom stereocenters. The van der Waals surface area contributed by atoms with Crippen molar-refractivity contribution in [3.8, 4) is 0 Å². The molecular weight excluding hydrogens is 333 g/mol. The third-order valence-corrected chi connectivity index (χ3v) is 5.70. The summed E-state index contributed by atoms with van der Waals surface area (Å²) in [6.45, 7) is 6.98. The van der Waals surface area contributed by atoms with Gasteiger partial charge in [-0.15, -0.1) is 0 Å². The van der Waals surface area contributed by atoms with Gasteiger partial charge in [0.2, 0.25) is 0 Å². The predicted octanol–water partition coefficient (Wildman–Crippen LogP) is 1.51. The number of aromatic amines is 1. The first-order chi connectivity index (χ1) is 12.2. The van der Waals surface area contributed by atoms with Gasteiger partial charge in [0.25, 0.3) is 0 Å². The number of pyridine rings is 1. The highest BCUT2D eigenvalue weighted by Gasteiger charge is 2.66. The van der Waals surface area contributed by atoms with Crippen LogP contribution in [0, 0.1) is 5.41 Å². The summed E-state index contributed by atoms with van der Waals surface area (Å²) < 4.78 is 11.5. The molecule has 5 rings (SSSR count). The minimum Gasteiger partial charge on any atom is -0.444 e. The molecule has 0 radical (unpaired) electrons. The average Bonchev–Trinajstić information content (AvgIpc) is 3.03. The first kappa shape index (κ1) is 16.1. The number of H-pyrrole nitrogens is 1. The first-order valence-electron chi connectivity index (χ1n) is 9.01. The molecular formula is C18H22BN3O4. The second kappa shape index (κ2) is 4.81. The van der Waals surface area contributed by atoms with Crippen molar-refractivity contribution in [1.82, 2.24) is 14.9 Å². The lowest BCUT2D eigenvalue weighted by Gasteiger charge is -2.63. The van der Waals surface area contributed by atoms with E-state index >= 15 is 0 Å². The van der Waals surface area contributed by atoms with Crippen LogP contribution in [0.15, 0.2) is 18.5 Å². The maximum absolute atomic E-state index is 12.2. The maximum atomic E-state index is 12.2. The Labute approximate surface area is 151 Å². The molecule has 2 fully saturated rings. The molecule has 2 aromatic heterocycles. The van der Waals surface area contributed by atoms with E-state index in [0.29, 0.717) is 13.1 Å². The van der Waals surface area contributed by atoms with Gasteiger partial charge in [0, 0.05) is 41.7 Å². The molecule has 1 saturated carbocycles. The molecule has 136 valence electrons. The Kier molecular flexibility index (Phi) is 2.98. The Morgan fingerprint density at radius 3 is 2.85 bits per heavy atom. The van der Waals surface area contributed by atoms with Gasteiger partial charge in [0.05, 0.1) is 5.60 Å². The fraction of sp³-hybridized carbons (Fsp3) is 0.556. The number of nitrogens with zero attached hydrogens (tertiary/aromatic N) is 2. The van der Waals surface area contributed by atoms with Crippen molar-refractivity contribution in [1.29, 1.82) is 0 Å². The lowest BCUT2D eigenvalue weighted by molar-refractivity contribution is -0.177. The fourth-order valence-corrected chi connectivity index (χ4v) is 4.92. The summed E-state index contributed by atoms with van der Waals surface area (Å²) >= 11 is 0. The molecule has 4 heterocycles. The third-order valence-electron chi connectivity index (χ3n) is 5.70. The zero-order chi connectivity index (χ0) is 18.3. The molecule has 26 heavy (non-hydrogen) atoms. The Hall–Kier alpha value is -2.06. The normalized spacial score (nSPS) is 22.5. The highest BCUT2D eigenvalue weighted by atomic mass is 16.6. The SMILES string of the molecule is CC(C)(C)OC(=O)N1CC2(C1)CC1(C2)OB(O)c2cnc3[nH]ccc3c21. The van der Waals surface area contributed by atoms with Crippen LogP contribution < -0.4 is 5.46 Å². The van der Waals surface area contributed by atoms with E-state index in [9.17, 15) is 9.82 Å². The lowest BCUT2D eigenvalue weighted by atomic mass is 9.53. The minimum atomic E-state index is -0.934. The minimum absolute atomic E-state index is 0.0597. The van der Waals surface area contributed by atoms with Gasteiger partial charge < -0.3 is 24.3 Å². The number of hydrogen-bond donors (Lipinski definition) is 2. The van der Waals surface area contributed by atoms with E-state index in [1.807, 2.05) is 33.0 Å². The van der Waals surface area contributed by atoms with Crippen molar-refractivity contribution in [3.63, 3.8) is 0 Å². The zero-order valence-electron chi connectivity index (χ0n) is 15.2. The molecule has 0 bridgehead atoms. The van der Waals surface area contributed by atoms with Gasteiger partial charge in [-0.05, 0) is 45.2 Å². The summed E-state index contributed by atoms with van der Waals surface area (Å²) in [4.78, 5) is 21.4. The van der Waals surface area contributed by atoms with Gasteiger partial charge in [0.15, 0.2) is 0 Å². The van der Waals surface area contributed by atoms with Gasteiger partial charge in [-0.25, -0.2) is 9.78 Å². The topological polar surface area (TPSA) is 87.7 Å². The Morgan fingerprint density at radius 1 is 1.42 bits per heavy atom. The van der Waals surface area contributed by atoms with Gasteiger partial charge in [-0.1, -0.05) is 0 Å². The van der Waals surface area contributed by atoms with Gasteiger partial charge in [0.1, 0.15) is 11.2 Å². The molecule has 0 aromatic carbocycles. The molecule has 2 spiro atoms. The summed E-state index contributed by atoms with van der Waals surface area (Å²) in [6.07, 6.45) is 4.90. The summed E-state index contributed by atoms with van der Waals surface area (Å²) in [5.74, 6) is 0. The van der Waals surface area contributed by atoms with Crippen LogP contribution in [0.1, 0.15) is 39.2 Å². The van der Waals surface area contributed by atoms with Crippen LogP contribution in [-0.4, -0.2) is 51.8 Å². The summed E-state index contributed by atoms with van der Waals surface area (Å²) in [6, 6.07) is 1.99. The van der Waals surface area contributed by atoms with Crippen LogP contribution in [0.2, 0.25) is 0 Å². The number of aromatic nitrogens is 2. The summed E-state index contributed by atoms with van der Waals surface area (Å²) in [5, 5.41) is 11.4. The van der Waals surface area contributed by atoms with Gasteiger partial charge in [-0.3, -0.25) is 0 Å². The van der Waals surface area contributed by atoms with E-state index in [1.165, 1.54) is 0 Å². The monoisotopic (exact) mass is 355 g/mol. The lowest BCUT2D eigenvalue weighted by Crippen LogP contribution is -2.68. The summed E-state index contributed by atoms with van der Waals surface area (Å²) in [5.41, 5.74) is 1.73. The molecule has 2 aliphatic heterocycles. The van der Waals surface area contributed by atoms with Crippen molar-refractivity contribution in [2.75, 3.05) is 13.1 Å². The van der Waals surface area contributed by atoms with E-state index in [4.69, 9.17) is 9.39 Å². The van der Waals surface area contributed by atoms with E-state index in [2.05, 4.69) is 9.97 Å². The van der Waals surface area contributed by atoms with Crippen molar-refractivity contribution < 1.29 is 19.2 Å². The van der Waals surface area contributed by atoms with Crippen LogP contribution >= 0.6 is 0 Å². The third kappa shape index (κ3) is 2.15. The number of rotatable bonds is 0. The molecule has 1 saturated heterocycles. The summed E-state index contributed by atoms with van der Waals surface area (Å²) in [7, 11) is -0.934. The van der Waals surface area contributed by atoms with Crippen LogP contribution in [-0.2, 0) is 15.0 Å². The highest BCUT2D eigenvalue weighted by molar-refractivity contribution is 6.62. The number of likely N-dealkylation sites (tertiary alicyclic amines) is 1. The molecule has 1 amide bonds. The van der Waals surface area contributed by atoms with Crippen LogP contribution in [0.3, 0.4) is 0 Å². The number of fused-ring (bicyclic) bond motifs is 4. The molecule has 7 nitrogen and oxygen atoms in total. The predicted molar refractivity (Wildman–Crippen MR) is 95.9 cm³/mol. The van der Waals surface area contributed by atoms with Crippen LogP contribution in [0.25, 0.3) is 11.0 Å².